The number of hydrogen-bond donors (Lipinski definition) is 2. The van der Waals surface area contributed by atoms with Crippen molar-refractivity contribution < 1.29 is 9.53 Å². The molecule has 22 heavy (non-hydrogen) atoms. The summed E-state index contributed by atoms with van der Waals surface area (Å²) in [4.78, 5) is 23.1. The molecule has 0 unspecified atom stereocenters. The van der Waals surface area contributed by atoms with E-state index in [1.54, 1.807) is 6.07 Å². The fraction of sp³-hybridized carbons (Fsp3) is 0.667. The first-order valence-electron chi connectivity index (χ1n) is 7.91. The SMILES string of the molecule is Cc1cc(C(=O)NC2CC2)nc(NCCN2CCOCC2)n1. The van der Waals surface area contributed by atoms with Gasteiger partial charge in [-0.3, -0.25) is 9.69 Å². The van der Waals surface area contributed by atoms with Crippen molar-refractivity contribution in [2.24, 2.45) is 0 Å². The van der Waals surface area contributed by atoms with Gasteiger partial charge in [-0.05, 0) is 25.8 Å². The van der Waals surface area contributed by atoms with Crippen molar-refractivity contribution in [2.45, 2.75) is 25.8 Å². The van der Waals surface area contributed by atoms with Crippen LogP contribution in [-0.4, -0.2) is 66.2 Å². The van der Waals surface area contributed by atoms with E-state index in [0.717, 1.165) is 57.9 Å². The minimum absolute atomic E-state index is 0.107. The fourth-order valence-corrected chi connectivity index (χ4v) is 2.40. The van der Waals surface area contributed by atoms with Gasteiger partial charge in [0.2, 0.25) is 5.95 Å². The molecule has 2 fully saturated rings. The Kier molecular flexibility index (Phi) is 4.84. The molecule has 0 aromatic carbocycles. The van der Waals surface area contributed by atoms with Crippen molar-refractivity contribution in [3.63, 3.8) is 0 Å². The first-order valence-corrected chi connectivity index (χ1v) is 7.91. The molecule has 1 aliphatic carbocycles. The Morgan fingerprint density at radius 3 is 2.86 bits per heavy atom. The lowest BCUT2D eigenvalue weighted by atomic mass is 10.3. The van der Waals surface area contributed by atoms with E-state index in [-0.39, 0.29) is 5.91 Å². The van der Waals surface area contributed by atoms with Crippen LogP contribution >= 0.6 is 0 Å². The summed E-state index contributed by atoms with van der Waals surface area (Å²) in [6.45, 7) is 7.08. The van der Waals surface area contributed by atoms with Crippen molar-refractivity contribution in [3.05, 3.63) is 17.5 Å². The molecule has 1 aromatic rings. The maximum atomic E-state index is 12.1. The molecule has 1 saturated heterocycles. The van der Waals surface area contributed by atoms with Crippen LogP contribution in [0.1, 0.15) is 29.0 Å². The van der Waals surface area contributed by atoms with Gasteiger partial charge in [0.15, 0.2) is 0 Å². The average molecular weight is 305 g/mol. The predicted molar refractivity (Wildman–Crippen MR) is 83.0 cm³/mol. The van der Waals surface area contributed by atoms with E-state index in [1.807, 2.05) is 6.92 Å². The number of amides is 1. The number of hydrogen-bond acceptors (Lipinski definition) is 6. The minimum atomic E-state index is -0.107. The van der Waals surface area contributed by atoms with Crippen LogP contribution in [0.15, 0.2) is 6.07 Å². The standard InChI is InChI=1S/C15H23N5O2/c1-11-10-13(14(21)18-12-2-3-12)19-15(17-11)16-4-5-20-6-8-22-9-7-20/h10,12H,2-9H2,1H3,(H,18,21)(H,16,17,19). The second-order valence-corrected chi connectivity index (χ2v) is 5.85. The Labute approximate surface area is 130 Å². The maximum absolute atomic E-state index is 12.1. The Bertz CT molecular complexity index is 527. The van der Waals surface area contributed by atoms with Gasteiger partial charge in [-0.25, -0.2) is 9.97 Å². The molecule has 1 aliphatic heterocycles. The zero-order valence-electron chi connectivity index (χ0n) is 13.0. The fourth-order valence-electron chi connectivity index (χ4n) is 2.40. The van der Waals surface area contributed by atoms with Crippen LogP contribution in [0.4, 0.5) is 5.95 Å². The molecule has 0 spiro atoms. The van der Waals surface area contributed by atoms with Gasteiger partial charge in [0.25, 0.3) is 5.91 Å². The molecule has 2 N–H and O–H groups in total. The van der Waals surface area contributed by atoms with Gasteiger partial charge in [-0.1, -0.05) is 0 Å². The van der Waals surface area contributed by atoms with Gasteiger partial charge in [0.05, 0.1) is 13.2 Å². The number of anilines is 1. The van der Waals surface area contributed by atoms with Crippen LogP contribution in [0.5, 0.6) is 0 Å². The number of carbonyl (C=O) groups is 1. The first-order chi connectivity index (χ1) is 10.7. The third-order valence-corrected chi connectivity index (χ3v) is 3.81. The number of nitrogens with zero attached hydrogens (tertiary/aromatic N) is 3. The summed E-state index contributed by atoms with van der Waals surface area (Å²) in [5, 5.41) is 6.17. The summed E-state index contributed by atoms with van der Waals surface area (Å²) in [6.07, 6.45) is 2.14. The molecule has 1 aromatic heterocycles. The average Bonchev–Trinajstić information content (AvgIpc) is 3.32. The number of nitrogens with one attached hydrogen (secondary N) is 2. The molecule has 1 saturated carbocycles. The summed E-state index contributed by atoms with van der Waals surface area (Å²) < 4.78 is 5.33. The lowest BCUT2D eigenvalue weighted by Gasteiger charge is -2.26. The molecule has 2 aliphatic rings. The van der Waals surface area contributed by atoms with Crippen molar-refractivity contribution in [3.8, 4) is 0 Å². The van der Waals surface area contributed by atoms with E-state index in [4.69, 9.17) is 4.74 Å². The zero-order valence-corrected chi connectivity index (χ0v) is 13.0. The summed E-state index contributed by atoms with van der Waals surface area (Å²) in [6, 6.07) is 2.06. The smallest absolute Gasteiger partial charge is 0.270 e. The Hall–Kier alpha value is -1.73. The van der Waals surface area contributed by atoms with Crippen molar-refractivity contribution in [2.75, 3.05) is 44.7 Å². The molecular weight excluding hydrogens is 282 g/mol. The molecule has 3 rings (SSSR count). The highest BCUT2D eigenvalue weighted by Crippen LogP contribution is 2.19. The van der Waals surface area contributed by atoms with E-state index >= 15 is 0 Å². The number of morpholine rings is 1. The minimum Gasteiger partial charge on any atom is -0.379 e. The van der Waals surface area contributed by atoms with Gasteiger partial charge in [-0.2, -0.15) is 0 Å². The van der Waals surface area contributed by atoms with Crippen molar-refractivity contribution in [1.82, 2.24) is 20.2 Å². The van der Waals surface area contributed by atoms with Crippen LogP contribution in [0.25, 0.3) is 0 Å². The van der Waals surface area contributed by atoms with Crippen LogP contribution in [0.2, 0.25) is 0 Å². The van der Waals surface area contributed by atoms with E-state index in [9.17, 15) is 4.79 Å². The largest absolute Gasteiger partial charge is 0.379 e. The molecule has 0 bridgehead atoms. The number of carbonyl (C=O) groups excluding carboxylic acids is 1. The van der Waals surface area contributed by atoms with Crippen LogP contribution in [-0.2, 0) is 4.74 Å². The van der Waals surface area contributed by atoms with Gasteiger partial charge >= 0.3 is 0 Å². The molecule has 1 amide bonds. The number of aromatic nitrogens is 2. The van der Waals surface area contributed by atoms with Crippen LogP contribution in [0.3, 0.4) is 0 Å². The van der Waals surface area contributed by atoms with Gasteiger partial charge in [-0.15, -0.1) is 0 Å². The number of ether oxygens (including phenoxy) is 1. The summed E-state index contributed by atoms with van der Waals surface area (Å²) >= 11 is 0. The normalized spacial score (nSPS) is 19.0. The Morgan fingerprint density at radius 1 is 1.36 bits per heavy atom. The first kappa shape index (κ1) is 15.2. The number of aryl methyl sites for hydroxylation is 1. The summed E-state index contributed by atoms with van der Waals surface area (Å²) in [7, 11) is 0. The molecule has 7 heteroatoms. The molecule has 0 atom stereocenters. The molecule has 0 radical (unpaired) electrons. The van der Waals surface area contributed by atoms with E-state index < -0.39 is 0 Å². The lowest BCUT2D eigenvalue weighted by Crippen LogP contribution is -2.39. The van der Waals surface area contributed by atoms with Gasteiger partial charge < -0.3 is 15.4 Å². The molecule has 7 nitrogen and oxygen atoms in total. The van der Waals surface area contributed by atoms with Crippen molar-refractivity contribution >= 4 is 11.9 Å². The van der Waals surface area contributed by atoms with Crippen LogP contribution in [0, 0.1) is 6.92 Å². The second-order valence-electron chi connectivity index (χ2n) is 5.85. The Balaban J connectivity index is 1.53. The zero-order chi connectivity index (χ0) is 15.4. The lowest BCUT2D eigenvalue weighted by molar-refractivity contribution is 0.0398. The summed E-state index contributed by atoms with van der Waals surface area (Å²) in [5.41, 5.74) is 1.23. The Morgan fingerprint density at radius 2 is 2.14 bits per heavy atom. The third-order valence-electron chi connectivity index (χ3n) is 3.81. The highest BCUT2D eigenvalue weighted by molar-refractivity contribution is 5.93. The topological polar surface area (TPSA) is 79.4 Å². The monoisotopic (exact) mass is 305 g/mol. The van der Waals surface area contributed by atoms with E-state index in [0.29, 0.717) is 17.7 Å². The predicted octanol–water partition coefficient (Wildman–Crippen LogP) is 0.421. The van der Waals surface area contributed by atoms with Crippen molar-refractivity contribution in [1.29, 1.82) is 0 Å². The third kappa shape index (κ3) is 4.38. The van der Waals surface area contributed by atoms with E-state index in [2.05, 4.69) is 25.5 Å². The maximum Gasteiger partial charge on any atom is 0.270 e. The van der Waals surface area contributed by atoms with Crippen LogP contribution < -0.4 is 10.6 Å². The quantitative estimate of drug-likeness (QED) is 0.793. The molecule has 120 valence electrons. The summed E-state index contributed by atoms with van der Waals surface area (Å²) in [5.74, 6) is 0.415. The van der Waals surface area contributed by atoms with Gasteiger partial charge in [0, 0.05) is 37.9 Å². The van der Waals surface area contributed by atoms with E-state index in [1.165, 1.54) is 0 Å². The van der Waals surface area contributed by atoms with Gasteiger partial charge in [0.1, 0.15) is 5.69 Å². The second kappa shape index (κ2) is 7.02. The number of rotatable bonds is 6. The molecule has 2 heterocycles. The molecular formula is C15H23N5O2. The highest BCUT2D eigenvalue weighted by Gasteiger charge is 2.24. The highest BCUT2D eigenvalue weighted by atomic mass is 16.5.